The van der Waals surface area contributed by atoms with Crippen molar-refractivity contribution in [2.24, 2.45) is 5.73 Å². The topological polar surface area (TPSA) is 132 Å². The summed E-state index contributed by atoms with van der Waals surface area (Å²) in [4.78, 5) is 11.4. The molecule has 0 bridgehead atoms. The summed E-state index contributed by atoms with van der Waals surface area (Å²) in [5, 5.41) is 9.99. The molecule has 0 spiro atoms. The molecule has 102 valence electrons. The van der Waals surface area contributed by atoms with Gasteiger partial charge >= 0.3 is 0 Å². The van der Waals surface area contributed by atoms with E-state index in [-0.39, 0.29) is 32.1 Å². The van der Waals surface area contributed by atoms with Crippen LogP contribution in [-0.4, -0.2) is 48.7 Å². The van der Waals surface area contributed by atoms with Crippen molar-refractivity contribution in [3.63, 3.8) is 0 Å². The number of hydrogen-bond acceptors (Lipinski definition) is 6. The molecular formula is C8H16N6O3S. The van der Waals surface area contributed by atoms with Crippen molar-refractivity contribution in [3.05, 3.63) is 11.9 Å². The Morgan fingerprint density at radius 2 is 2.22 bits per heavy atom. The molecule has 0 fully saturated rings. The van der Waals surface area contributed by atoms with Crippen LogP contribution in [0.15, 0.2) is 6.20 Å². The first-order valence-corrected chi connectivity index (χ1v) is 7.10. The number of sulfonamides is 1. The molecule has 0 saturated carbocycles. The molecule has 0 unspecified atom stereocenters. The van der Waals surface area contributed by atoms with Crippen LogP contribution in [0.4, 0.5) is 0 Å². The molecule has 0 aliphatic heterocycles. The standard InChI is InChI=1S/C8H16N6O3S/c1-18(16,17)11-3-2-10-8(15)6-14-5-7(4-9)12-13-14/h5,11H,2-4,6,9H2,1H3,(H,10,15). The van der Waals surface area contributed by atoms with Crippen LogP contribution in [0.1, 0.15) is 5.69 Å². The van der Waals surface area contributed by atoms with Gasteiger partial charge in [0, 0.05) is 19.6 Å². The zero-order valence-corrected chi connectivity index (χ0v) is 10.8. The predicted octanol–water partition coefficient (Wildman–Crippen LogP) is -2.60. The summed E-state index contributed by atoms with van der Waals surface area (Å²) in [6, 6.07) is 0. The second-order valence-corrected chi connectivity index (χ2v) is 5.46. The van der Waals surface area contributed by atoms with Gasteiger partial charge in [-0.25, -0.2) is 17.8 Å². The maximum atomic E-state index is 11.4. The molecule has 4 N–H and O–H groups in total. The molecule has 0 aliphatic carbocycles. The molecule has 1 aromatic heterocycles. The number of nitrogens with one attached hydrogen (secondary N) is 2. The van der Waals surface area contributed by atoms with Crippen molar-refractivity contribution in [1.29, 1.82) is 0 Å². The molecule has 1 aromatic rings. The number of nitrogens with two attached hydrogens (primary N) is 1. The minimum absolute atomic E-state index is 0.0197. The zero-order valence-electron chi connectivity index (χ0n) is 9.96. The Labute approximate surface area is 105 Å². The highest BCUT2D eigenvalue weighted by molar-refractivity contribution is 7.88. The normalized spacial score (nSPS) is 11.4. The monoisotopic (exact) mass is 276 g/mol. The highest BCUT2D eigenvalue weighted by Gasteiger charge is 2.05. The van der Waals surface area contributed by atoms with E-state index in [0.29, 0.717) is 5.69 Å². The summed E-state index contributed by atoms with van der Waals surface area (Å²) in [5.41, 5.74) is 5.95. The molecule has 0 radical (unpaired) electrons. The maximum absolute atomic E-state index is 11.4. The van der Waals surface area contributed by atoms with Gasteiger partial charge < -0.3 is 11.1 Å². The fourth-order valence-electron chi connectivity index (χ4n) is 1.15. The largest absolute Gasteiger partial charge is 0.353 e. The minimum Gasteiger partial charge on any atom is -0.353 e. The van der Waals surface area contributed by atoms with Gasteiger partial charge in [0.2, 0.25) is 15.9 Å². The molecule has 0 atom stereocenters. The van der Waals surface area contributed by atoms with E-state index in [0.717, 1.165) is 6.26 Å². The smallest absolute Gasteiger partial charge is 0.241 e. The molecule has 0 aliphatic rings. The zero-order chi connectivity index (χ0) is 13.6. The first kappa shape index (κ1) is 14.5. The van der Waals surface area contributed by atoms with E-state index in [2.05, 4.69) is 20.4 Å². The summed E-state index contributed by atoms with van der Waals surface area (Å²) in [7, 11) is -3.22. The van der Waals surface area contributed by atoms with Crippen molar-refractivity contribution in [1.82, 2.24) is 25.0 Å². The van der Waals surface area contributed by atoms with E-state index in [1.165, 1.54) is 4.68 Å². The van der Waals surface area contributed by atoms with Crippen LogP contribution < -0.4 is 15.8 Å². The summed E-state index contributed by atoms with van der Waals surface area (Å²) in [5.74, 6) is -0.279. The lowest BCUT2D eigenvalue weighted by atomic mass is 10.5. The van der Waals surface area contributed by atoms with Gasteiger partial charge in [0.05, 0.1) is 18.1 Å². The summed E-state index contributed by atoms with van der Waals surface area (Å²) < 4.78 is 25.1. The van der Waals surface area contributed by atoms with Crippen molar-refractivity contribution < 1.29 is 13.2 Å². The second-order valence-electron chi connectivity index (χ2n) is 3.63. The number of rotatable bonds is 7. The SMILES string of the molecule is CS(=O)(=O)NCCNC(=O)Cn1cc(CN)nn1. The Morgan fingerprint density at radius 1 is 1.50 bits per heavy atom. The van der Waals surface area contributed by atoms with Crippen molar-refractivity contribution >= 4 is 15.9 Å². The van der Waals surface area contributed by atoms with Crippen LogP contribution in [0.3, 0.4) is 0 Å². The first-order chi connectivity index (χ1) is 8.40. The Bertz CT molecular complexity index is 497. The van der Waals surface area contributed by atoms with Crippen LogP contribution in [0, 0.1) is 0 Å². The molecular weight excluding hydrogens is 260 g/mol. The van der Waals surface area contributed by atoms with E-state index >= 15 is 0 Å². The van der Waals surface area contributed by atoms with Gasteiger partial charge in [0.15, 0.2) is 0 Å². The molecule has 18 heavy (non-hydrogen) atoms. The van der Waals surface area contributed by atoms with Gasteiger partial charge in [0.1, 0.15) is 6.54 Å². The molecule has 1 heterocycles. The van der Waals surface area contributed by atoms with Gasteiger partial charge in [-0.2, -0.15) is 0 Å². The lowest BCUT2D eigenvalue weighted by Crippen LogP contribution is -2.35. The predicted molar refractivity (Wildman–Crippen MR) is 63.8 cm³/mol. The number of carbonyl (C=O) groups is 1. The minimum atomic E-state index is -3.22. The van der Waals surface area contributed by atoms with Crippen LogP contribution in [0.5, 0.6) is 0 Å². The Morgan fingerprint density at radius 3 is 2.78 bits per heavy atom. The summed E-state index contributed by atoms with van der Waals surface area (Å²) >= 11 is 0. The number of nitrogens with zero attached hydrogens (tertiary/aromatic N) is 3. The van der Waals surface area contributed by atoms with Crippen molar-refractivity contribution in [3.8, 4) is 0 Å². The highest BCUT2D eigenvalue weighted by atomic mass is 32.2. The van der Waals surface area contributed by atoms with Gasteiger partial charge in [-0.3, -0.25) is 4.79 Å². The third-order valence-corrected chi connectivity index (χ3v) is 2.64. The van der Waals surface area contributed by atoms with E-state index in [4.69, 9.17) is 5.73 Å². The third-order valence-electron chi connectivity index (χ3n) is 1.91. The van der Waals surface area contributed by atoms with E-state index < -0.39 is 10.0 Å². The van der Waals surface area contributed by atoms with Crippen LogP contribution in [0.25, 0.3) is 0 Å². The molecule has 0 aromatic carbocycles. The van der Waals surface area contributed by atoms with Crippen molar-refractivity contribution in [2.45, 2.75) is 13.1 Å². The third kappa shape index (κ3) is 5.70. The van der Waals surface area contributed by atoms with Crippen molar-refractivity contribution in [2.75, 3.05) is 19.3 Å². The quantitative estimate of drug-likeness (QED) is 0.468. The summed E-state index contributed by atoms with van der Waals surface area (Å²) in [6.07, 6.45) is 2.63. The Balaban J connectivity index is 2.25. The maximum Gasteiger partial charge on any atom is 0.241 e. The van der Waals surface area contributed by atoms with E-state index in [9.17, 15) is 13.2 Å². The lowest BCUT2D eigenvalue weighted by Gasteiger charge is -2.05. The number of hydrogen-bond donors (Lipinski definition) is 3. The number of carbonyl (C=O) groups excluding carboxylic acids is 1. The van der Waals surface area contributed by atoms with Crippen LogP contribution >= 0.6 is 0 Å². The van der Waals surface area contributed by atoms with E-state index in [1.54, 1.807) is 6.20 Å². The first-order valence-electron chi connectivity index (χ1n) is 5.21. The fourth-order valence-corrected chi connectivity index (χ4v) is 1.62. The Hall–Kier alpha value is -1.52. The van der Waals surface area contributed by atoms with Gasteiger partial charge in [0.25, 0.3) is 0 Å². The second kappa shape index (κ2) is 6.42. The molecule has 9 nitrogen and oxygen atoms in total. The molecule has 0 saturated heterocycles. The molecule has 10 heteroatoms. The summed E-state index contributed by atoms with van der Waals surface area (Å²) in [6.45, 7) is 0.645. The van der Waals surface area contributed by atoms with Gasteiger partial charge in [-0.05, 0) is 0 Å². The fraction of sp³-hybridized carbons (Fsp3) is 0.625. The molecule has 1 rings (SSSR count). The van der Waals surface area contributed by atoms with Crippen LogP contribution in [-0.2, 0) is 27.9 Å². The lowest BCUT2D eigenvalue weighted by molar-refractivity contribution is -0.121. The van der Waals surface area contributed by atoms with Gasteiger partial charge in [-0.15, -0.1) is 5.10 Å². The molecule has 1 amide bonds. The number of amides is 1. The Kier molecular flexibility index (Phi) is 5.19. The van der Waals surface area contributed by atoms with E-state index in [1.807, 2.05) is 0 Å². The number of aromatic nitrogens is 3. The average Bonchev–Trinajstić information content (AvgIpc) is 2.71. The van der Waals surface area contributed by atoms with Gasteiger partial charge in [-0.1, -0.05) is 5.21 Å². The average molecular weight is 276 g/mol. The highest BCUT2D eigenvalue weighted by Crippen LogP contribution is 1.90. The van der Waals surface area contributed by atoms with Crippen LogP contribution in [0.2, 0.25) is 0 Å².